The fourth-order valence-corrected chi connectivity index (χ4v) is 4.28. The highest BCUT2D eigenvalue weighted by molar-refractivity contribution is 7.92. The van der Waals surface area contributed by atoms with Crippen LogP contribution in [-0.4, -0.2) is 57.1 Å². The molecular formula is C24H33N3O5S. The summed E-state index contributed by atoms with van der Waals surface area (Å²) in [5.74, 6) is -0.486. The van der Waals surface area contributed by atoms with Gasteiger partial charge in [-0.05, 0) is 45.4 Å². The summed E-state index contributed by atoms with van der Waals surface area (Å²) in [6, 6.07) is 13.3. The Morgan fingerprint density at radius 2 is 1.73 bits per heavy atom. The zero-order valence-electron chi connectivity index (χ0n) is 20.0. The van der Waals surface area contributed by atoms with Crippen LogP contribution in [0.2, 0.25) is 0 Å². The SMILES string of the molecule is COc1ccccc1N(CC(=O)N(Cc1cccc(C)c1)[C@H](C)C(=O)NC(C)C)S(C)(=O)=O. The second-order valence-electron chi connectivity index (χ2n) is 8.29. The van der Waals surface area contributed by atoms with Crippen LogP contribution in [0.5, 0.6) is 5.75 Å². The number of carbonyl (C=O) groups is 2. The molecule has 2 rings (SSSR count). The van der Waals surface area contributed by atoms with Gasteiger partial charge >= 0.3 is 0 Å². The number of aryl methyl sites for hydroxylation is 1. The number of hydrogen-bond donors (Lipinski definition) is 1. The van der Waals surface area contributed by atoms with Crippen LogP contribution in [0.15, 0.2) is 48.5 Å². The van der Waals surface area contributed by atoms with Crippen molar-refractivity contribution < 1.29 is 22.7 Å². The number of nitrogens with zero attached hydrogens (tertiary/aromatic N) is 2. The van der Waals surface area contributed by atoms with Gasteiger partial charge in [-0.2, -0.15) is 0 Å². The summed E-state index contributed by atoms with van der Waals surface area (Å²) < 4.78 is 31.6. The maximum Gasteiger partial charge on any atom is 0.244 e. The molecule has 0 fully saturated rings. The molecule has 8 nitrogen and oxygen atoms in total. The summed E-state index contributed by atoms with van der Waals surface area (Å²) in [5.41, 5.74) is 2.12. The zero-order valence-corrected chi connectivity index (χ0v) is 20.8. The minimum absolute atomic E-state index is 0.100. The molecule has 1 N–H and O–H groups in total. The first-order chi connectivity index (χ1) is 15.4. The third kappa shape index (κ3) is 7.21. The van der Waals surface area contributed by atoms with Gasteiger partial charge in [0, 0.05) is 12.6 Å². The first-order valence-corrected chi connectivity index (χ1v) is 12.5. The van der Waals surface area contributed by atoms with E-state index in [2.05, 4.69) is 5.32 Å². The van der Waals surface area contributed by atoms with Crippen LogP contribution in [0, 0.1) is 6.92 Å². The number of amides is 2. The predicted octanol–water partition coefficient (Wildman–Crippen LogP) is 2.71. The van der Waals surface area contributed by atoms with Gasteiger partial charge in [0.2, 0.25) is 21.8 Å². The highest BCUT2D eigenvalue weighted by Crippen LogP contribution is 2.29. The Morgan fingerprint density at radius 1 is 1.06 bits per heavy atom. The van der Waals surface area contributed by atoms with E-state index in [0.29, 0.717) is 5.75 Å². The van der Waals surface area contributed by atoms with Crippen molar-refractivity contribution in [2.24, 2.45) is 0 Å². The Hall–Kier alpha value is -3.07. The molecule has 0 saturated carbocycles. The van der Waals surface area contributed by atoms with Crippen molar-refractivity contribution in [3.63, 3.8) is 0 Å². The smallest absolute Gasteiger partial charge is 0.244 e. The predicted molar refractivity (Wildman–Crippen MR) is 130 cm³/mol. The first-order valence-electron chi connectivity index (χ1n) is 10.7. The molecule has 9 heteroatoms. The van der Waals surface area contributed by atoms with Gasteiger partial charge in [0.05, 0.1) is 19.1 Å². The molecule has 33 heavy (non-hydrogen) atoms. The second-order valence-corrected chi connectivity index (χ2v) is 10.2. The minimum atomic E-state index is -3.82. The Balaban J connectivity index is 2.43. The topological polar surface area (TPSA) is 96.0 Å². The summed E-state index contributed by atoms with van der Waals surface area (Å²) in [5, 5.41) is 2.82. The van der Waals surface area contributed by atoms with Crippen molar-refractivity contribution in [2.75, 3.05) is 24.2 Å². The third-order valence-electron chi connectivity index (χ3n) is 5.07. The normalized spacial score (nSPS) is 12.2. The van der Waals surface area contributed by atoms with E-state index in [4.69, 9.17) is 4.74 Å². The first kappa shape index (κ1) is 26.2. The number of nitrogens with one attached hydrogen (secondary N) is 1. The van der Waals surface area contributed by atoms with E-state index >= 15 is 0 Å². The molecule has 180 valence electrons. The molecule has 0 radical (unpaired) electrons. The minimum Gasteiger partial charge on any atom is -0.495 e. The molecule has 2 aromatic carbocycles. The molecule has 0 unspecified atom stereocenters. The van der Waals surface area contributed by atoms with Gasteiger partial charge in [-0.25, -0.2) is 8.42 Å². The number of methoxy groups -OCH3 is 1. The average molecular weight is 476 g/mol. The molecule has 0 saturated heterocycles. The average Bonchev–Trinajstić information content (AvgIpc) is 2.74. The van der Waals surface area contributed by atoms with Gasteiger partial charge in [-0.15, -0.1) is 0 Å². The van der Waals surface area contributed by atoms with E-state index < -0.39 is 28.5 Å². The molecule has 0 aliphatic heterocycles. The molecule has 0 heterocycles. The van der Waals surface area contributed by atoms with Crippen molar-refractivity contribution in [2.45, 2.75) is 46.3 Å². The number of ether oxygens (including phenoxy) is 1. The number of rotatable bonds is 10. The lowest BCUT2D eigenvalue weighted by molar-refractivity contribution is -0.139. The maximum absolute atomic E-state index is 13.5. The Bertz CT molecular complexity index is 1090. The van der Waals surface area contributed by atoms with Gasteiger partial charge in [0.15, 0.2) is 0 Å². The lowest BCUT2D eigenvalue weighted by Crippen LogP contribution is -2.52. The molecule has 0 bridgehead atoms. The quantitative estimate of drug-likeness (QED) is 0.570. The van der Waals surface area contributed by atoms with Gasteiger partial charge in [-0.1, -0.05) is 42.0 Å². The van der Waals surface area contributed by atoms with Crippen LogP contribution in [-0.2, 0) is 26.2 Å². The van der Waals surface area contributed by atoms with Gasteiger partial charge in [0.25, 0.3) is 0 Å². The van der Waals surface area contributed by atoms with Gasteiger partial charge in [-0.3, -0.25) is 13.9 Å². The fourth-order valence-electron chi connectivity index (χ4n) is 3.43. The largest absolute Gasteiger partial charge is 0.495 e. The van der Waals surface area contributed by atoms with Crippen molar-refractivity contribution in [3.05, 3.63) is 59.7 Å². The number of benzene rings is 2. The van der Waals surface area contributed by atoms with Crippen LogP contribution < -0.4 is 14.4 Å². The van der Waals surface area contributed by atoms with E-state index in [0.717, 1.165) is 21.7 Å². The zero-order chi connectivity index (χ0) is 24.8. The van der Waals surface area contributed by atoms with Gasteiger partial charge < -0.3 is 15.0 Å². The molecule has 0 aliphatic carbocycles. The number of anilines is 1. The summed E-state index contributed by atoms with van der Waals surface area (Å²) in [4.78, 5) is 27.6. The summed E-state index contributed by atoms with van der Waals surface area (Å²) >= 11 is 0. The van der Waals surface area contributed by atoms with E-state index in [9.17, 15) is 18.0 Å². The van der Waals surface area contributed by atoms with Crippen LogP contribution in [0.25, 0.3) is 0 Å². The monoisotopic (exact) mass is 475 g/mol. The van der Waals surface area contributed by atoms with Crippen LogP contribution in [0.3, 0.4) is 0 Å². The Morgan fingerprint density at radius 3 is 2.30 bits per heavy atom. The van der Waals surface area contributed by atoms with Crippen molar-refractivity contribution in [1.82, 2.24) is 10.2 Å². The molecule has 0 aliphatic rings. The lowest BCUT2D eigenvalue weighted by Gasteiger charge is -2.32. The van der Waals surface area contributed by atoms with Crippen molar-refractivity contribution in [1.29, 1.82) is 0 Å². The van der Waals surface area contributed by atoms with Crippen molar-refractivity contribution >= 4 is 27.5 Å². The van der Waals surface area contributed by atoms with E-state index in [1.54, 1.807) is 31.2 Å². The molecule has 0 aromatic heterocycles. The fraction of sp³-hybridized carbons (Fsp3) is 0.417. The molecule has 2 amide bonds. The number of para-hydroxylation sites is 2. The highest BCUT2D eigenvalue weighted by Gasteiger charge is 2.31. The van der Waals surface area contributed by atoms with Crippen LogP contribution in [0.1, 0.15) is 31.9 Å². The van der Waals surface area contributed by atoms with Gasteiger partial charge in [0.1, 0.15) is 18.3 Å². The molecular weight excluding hydrogens is 442 g/mol. The number of hydrogen-bond acceptors (Lipinski definition) is 5. The standard InChI is InChI=1S/C24H33N3O5S/c1-17(2)25-24(29)19(4)26(15-20-11-9-10-18(3)14-20)23(28)16-27(33(6,30)31)21-12-7-8-13-22(21)32-5/h7-14,17,19H,15-16H2,1-6H3,(H,25,29)/t19-/m1/s1. The van der Waals surface area contributed by atoms with E-state index in [-0.39, 0.29) is 24.2 Å². The Labute approximate surface area is 196 Å². The van der Waals surface area contributed by atoms with E-state index in [1.807, 2.05) is 45.0 Å². The highest BCUT2D eigenvalue weighted by atomic mass is 32.2. The Kier molecular flexibility index (Phi) is 8.87. The number of sulfonamides is 1. The summed E-state index contributed by atoms with van der Waals surface area (Å²) in [6.45, 7) is 6.95. The number of carbonyl (C=O) groups excluding carboxylic acids is 2. The van der Waals surface area contributed by atoms with Crippen molar-refractivity contribution in [3.8, 4) is 5.75 Å². The summed E-state index contributed by atoms with van der Waals surface area (Å²) in [6.07, 6.45) is 1.03. The van der Waals surface area contributed by atoms with Crippen LogP contribution >= 0.6 is 0 Å². The maximum atomic E-state index is 13.5. The summed E-state index contributed by atoms with van der Waals surface area (Å²) in [7, 11) is -2.38. The van der Waals surface area contributed by atoms with E-state index in [1.165, 1.54) is 12.0 Å². The third-order valence-corrected chi connectivity index (χ3v) is 6.19. The molecule has 2 aromatic rings. The molecule has 0 spiro atoms. The lowest BCUT2D eigenvalue weighted by atomic mass is 10.1. The molecule has 1 atom stereocenters. The van der Waals surface area contributed by atoms with Crippen LogP contribution in [0.4, 0.5) is 5.69 Å². The second kappa shape index (κ2) is 11.2.